The fourth-order valence-electron chi connectivity index (χ4n) is 4.15. The summed E-state index contributed by atoms with van der Waals surface area (Å²) in [4.78, 5) is 27.8. The van der Waals surface area contributed by atoms with Gasteiger partial charge in [0.15, 0.2) is 18.1 Å². The van der Waals surface area contributed by atoms with Gasteiger partial charge < -0.3 is 23.8 Å². The Labute approximate surface area is 189 Å². The van der Waals surface area contributed by atoms with Crippen LogP contribution in [0.15, 0.2) is 48.5 Å². The number of hydrogen-bond donors (Lipinski definition) is 0. The molecule has 7 nitrogen and oxygen atoms in total. The van der Waals surface area contributed by atoms with Crippen molar-refractivity contribution in [3.63, 3.8) is 0 Å². The number of amides is 1. The maximum Gasteiger partial charge on any atom is 0.314 e. The number of hydrogen-bond acceptors (Lipinski definition) is 6. The Morgan fingerprint density at radius 2 is 1.81 bits per heavy atom. The minimum atomic E-state index is -0.805. The molecule has 172 valence electrons. The van der Waals surface area contributed by atoms with Gasteiger partial charge in [-0.15, -0.1) is 0 Å². The molecule has 1 heterocycles. The number of likely N-dealkylation sites (tertiary alicyclic amines) is 1. The number of carbonyl (C=O) groups excluding carboxylic acids is 2. The number of para-hydroxylation sites is 2. The summed E-state index contributed by atoms with van der Waals surface area (Å²) in [6, 6.07) is 14.9. The van der Waals surface area contributed by atoms with Gasteiger partial charge in [-0.1, -0.05) is 24.3 Å². The van der Waals surface area contributed by atoms with Crippen LogP contribution in [0.3, 0.4) is 0 Å². The summed E-state index contributed by atoms with van der Waals surface area (Å²) in [5.74, 6) is 1.36. The van der Waals surface area contributed by atoms with Crippen molar-refractivity contribution in [3.05, 3.63) is 54.1 Å². The molecule has 0 unspecified atom stereocenters. The SMILES string of the molecule is CCOC(=O)[C@@]1(Cc2cccc(OC)c2)CCCN(C(=O)COc2ccccc2OC)C1. The lowest BCUT2D eigenvalue weighted by Crippen LogP contribution is -2.52. The van der Waals surface area contributed by atoms with E-state index in [0.717, 1.165) is 11.3 Å². The summed E-state index contributed by atoms with van der Waals surface area (Å²) in [5, 5.41) is 0. The number of carbonyl (C=O) groups is 2. The molecule has 0 saturated carbocycles. The van der Waals surface area contributed by atoms with Crippen molar-refractivity contribution in [2.75, 3.05) is 40.5 Å². The Bertz CT molecular complexity index is 930. The number of piperidine rings is 1. The van der Waals surface area contributed by atoms with E-state index in [4.69, 9.17) is 18.9 Å². The lowest BCUT2D eigenvalue weighted by molar-refractivity contribution is -0.161. The fourth-order valence-corrected chi connectivity index (χ4v) is 4.15. The molecule has 32 heavy (non-hydrogen) atoms. The van der Waals surface area contributed by atoms with Crippen molar-refractivity contribution in [2.24, 2.45) is 5.41 Å². The molecule has 1 aliphatic rings. The zero-order valence-corrected chi connectivity index (χ0v) is 19.0. The van der Waals surface area contributed by atoms with Crippen molar-refractivity contribution in [1.29, 1.82) is 0 Å². The van der Waals surface area contributed by atoms with Crippen LogP contribution in [-0.4, -0.2) is 57.3 Å². The molecule has 0 aromatic heterocycles. The lowest BCUT2D eigenvalue weighted by Gasteiger charge is -2.41. The van der Waals surface area contributed by atoms with E-state index in [1.54, 1.807) is 38.2 Å². The van der Waals surface area contributed by atoms with E-state index in [1.807, 2.05) is 36.4 Å². The lowest BCUT2D eigenvalue weighted by atomic mass is 9.75. The van der Waals surface area contributed by atoms with E-state index < -0.39 is 5.41 Å². The highest BCUT2D eigenvalue weighted by Crippen LogP contribution is 2.36. The zero-order valence-electron chi connectivity index (χ0n) is 19.0. The minimum absolute atomic E-state index is 0.127. The number of methoxy groups -OCH3 is 2. The van der Waals surface area contributed by atoms with Crippen molar-refractivity contribution in [1.82, 2.24) is 4.90 Å². The van der Waals surface area contributed by atoms with E-state index in [1.165, 1.54) is 0 Å². The van der Waals surface area contributed by atoms with Crippen molar-refractivity contribution < 1.29 is 28.5 Å². The molecule has 1 amide bonds. The summed E-state index contributed by atoms with van der Waals surface area (Å²) < 4.78 is 21.8. The van der Waals surface area contributed by atoms with Crippen LogP contribution in [0, 0.1) is 5.41 Å². The van der Waals surface area contributed by atoms with Gasteiger partial charge in [-0.05, 0) is 56.0 Å². The predicted octanol–water partition coefficient (Wildman–Crippen LogP) is 3.50. The maximum absolute atomic E-state index is 13.1. The first-order valence-corrected chi connectivity index (χ1v) is 10.8. The monoisotopic (exact) mass is 441 g/mol. The third kappa shape index (κ3) is 5.52. The van der Waals surface area contributed by atoms with Gasteiger partial charge in [0.05, 0.1) is 26.2 Å². The van der Waals surface area contributed by atoms with Gasteiger partial charge >= 0.3 is 5.97 Å². The largest absolute Gasteiger partial charge is 0.497 e. The first kappa shape index (κ1) is 23.4. The zero-order chi connectivity index (χ0) is 23.0. The molecule has 1 aliphatic heterocycles. The molecule has 1 atom stereocenters. The van der Waals surface area contributed by atoms with E-state index in [0.29, 0.717) is 43.9 Å². The highest BCUT2D eigenvalue weighted by atomic mass is 16.5. The standard InChI is InChI=1S/C25H31NO6/c1-4-31-24(28)25(16-19-9-7-10-20(15-19)29-2)13-8-14-26(18-25)23(27)17-32-22-12-6-5-11-21(22)30-3/h5-7,9-12,15H,4,8,13-14,16-18H2,1-3H3/t25-/m1/s1. The Morgan fingerprint density at radius 3 is 2.53 bits per heavy atom. The molecule has 0 N–H and O–H groups in total. The fraction of sp³-hybridized carbons (Fsp3) is 0.440. The van der Waals surface area contributed by atoms with Crippen molar-refractivity contribution in [2.45, 2.75) is 26.2 Å². The van der Waals surface area contributed by atoms with Crippen LogP contribution in [-0.2, 0) is 20.7 Å². The molecular weight excluding hydrogens is 410 g/mol. The molecular formula is C25H31NO6. The average Bonchev–Trinajstić information content (AvgIpc) is 2.83. The average molecular weight is 442 g/mol. The summed E-state index contributed by atoms with van der Waals surface area (Å²) in [7, 11) is 3.17. The van der Waals surface area contributed by atoms with Gasteiger partial charge in [-0.3, -0.25) is 9.59 Å². The van der Waals surface area contributed by atoms with Crippen LogP contribution in [0.1, 0.15) is 25.3 Å². The van der Waals surface area contributed by atoms with Crippen LogP contribution >= 0.6 is 0 Å². The molecule has 0 aliphatic carbocycles. The Hall–Kier alpha value is -3.22. The van der Waals surface area contributed by atoms with Crippen LogP contribution in [0.25, 0.3) is 0 Å². The van der Waals surface area contributed by atoms with Gasteiger partial charge in [0.25, 0.3) is 5.91 Å². The molecule has 0 bridgehead atoms. The topological polar surface area (TPSA) is 74.3 Å². The quantitative estimate of drug-likeness (QED) is 0.555. The van der Waals surface area contributed by atoms with E-state index in [9.17, 15) is 9.59 Å². The van der Waals surface area contributed by atoms with Crippen LogP contribution in [0.5, 0.6) is 17.2 Å². The van der Waals surface area contributed by atoms with Crippen LogP contribution in [0.2, 0.25) is 0 Å². The Morgan fingerprint density at radius 1 is 1.03 bits per heavy atom. The summed E-state index contributed by atoms with van der Waals surface area (Å²) in [6.45, 7) is 2.83. The predicted molar refractivity (Wildman–Crippen MR) is 120 cm³/mol. The third-order valence-electron chi connectivity index (χ3n) is 5.73. The second kappa shape index (κ2) is 10.9. The minimum Gasteiger partial charge on any atom is -0.497 e. The van der Waals surface area contributed by atoms with Crippen molar-refractivity contribution >= 4 is 11.9 Å². The first-order chi connectivity index (χ1) is 15.5. The normalized spacial score (nSPS) is 18.0. The number of nitrogens with zero attached hydrogens (tertiary/aromatic N) is 1. The molecule has 2 aromatic carbocycles. The van der Waals surface area contributed by atoms with Gasteiger partial charge in [0.1, 0.15) is 5.75 Å². The molecule has 3 rings (SSSR count). The second-order valence-corrected chi connectivity index (χ2v) is 7.89. The van der Waals surface area contributed by atoms with Crippen molar-refractivity contribution in [3.8, 4) is 17.2 Å². The van der Waals surface area contributed by atoms with Gasteiger partial charge in [-0.25, -0.2) is 0 Å². The van der Waals surface area contributed by atoms with E-state index in [-0.39, 0.29) is 25.0 Å². The molecule has 1 fully saturated rings. The molecule has 0 spiro atoms. The van der Waals surface area contributed by atoms with E-state index in [2.05, 4.69) is 0 Å². The number of benzene rings is 2. The molecule has 0 radical (unpaired) electrons. The number of rotatable bonds is 9. The van der Waals surface area contributed by atoms with E-state index >= 15 is 0 Å². The second-order valence-electron chi connectivity index (χ2n) is 7.89. The summed E-state index contributed by atoms with van der Waals surface area (Å²) >= 11 is 0. The van der Waals surface area contributed by atoms with Gasteiger partial charge in [0, 0.05) is 13.1 Å². The van der Waals surface area contributed by atoms with Crippen LogP contribution in [0.4, 0.5) is 0 Å². The van der Waals surface area contributed by atoms with Gasteiger partial charge in [0.2, 0.25) is 0 Å². The molecule has 7 heteroatoms. The first-order valence-electron chi connectivity index (χ1n) is 10.8. The Balaban J connectivity index is 1.75. The summed E-state index contributed by atoms with van der Waals surface area (Å²) in [5.41, 5.74) is 0.165. The van der Waals surface area contributed by atoms with Crippen LogP contribution < -0.4 is 14.2 Å². The smallest absolute Gasteiger partial charge is 0.314 e. The highest BCUT2D eigenvalue weighted by Gasteiger charge is 2.44. The maximum atomic E-state index is 13.1. The third-order valence-corrected chi connectivity index (χ3v) is 5.73. The Kier molecular flexibility index (Phi) is 7.98. The van der Waals surface area contributed by atoms with Gasteiger partial charge in [-0.2, -0.15) is 0 Å². The molecule has 2 aromatic rings. The molecule has 1 saturated heterocycles. The number of ether oxygens (including phenoxy) is 4. The number of esters is 1. The summed E-state index contributed by atoms with van der Waals surface area (Å²) in [6.07, 6.45) is 1.84. The highest BCUT2D eigenvalue weighted by molar-refractivity contribution is 5.82.